The van der Waals surface area contributed by atoms with Crippen LogP contribution in [0.15, 0.2) is 0 Å². The average molecular weight is 255 g/mol. The molecule has 0 bridgehead atoms. The molecule has 4 nitrogen and oxygen atoms in total. The second-order valence-electron chi connectivity index (χ2n) is 4.57. The van der Waals surface area contributed by atoms with E-state index in [2.05, 4.69) is 27.2 Å². The summed E-state index contributed by atoms with van der Waals surface area (Å²) in [6, 6.07) is 0.507. The summed E-state index contributed by atoms with van der Waals surface area (Å²) in [5, 5.41) is 3.65. The molecule has 0 aliphatic heterocycles. The Morgan fingerprint density at radius 3 is 2.71 bits per heavy atom. The molecule has 2 rings (SSSR count). The third kappa shape index (κ3) is 3.80. The third-order valence-electron chi connectivity index (χ3n) is 3.10. The molecule has 1 saturated carbocycles. The van der Waals surface area contributed by atoms with Crippen LogP contribution in [0.2, 0.25) is 5.28 Å². The molecule has 1 aromatic heterocycles. The van der Waals surface area contributed by atoms with Gasteiger partial charge in [0.05, 0.1) is 0 Å². The molecule has 1 aliphatic carbocycles. The quantitative estimate of drug-likeness (QED) is 0.877. The van der Waals surface area contributed by atoms with E-state index in [-0.39, 0.29) is 0 Å². The Kier molecular flexibility index (Phi) is 4.54. The van der Waals surface area contributed by atoms with Crippen molar-refractivity contribution in [3.63, 3.8) is 0 Å². The number of nitrogens with zero attached hydrogens (tertiary/aromatic N) is 3. The normalized spacial score (nSPS) is 16.4. The minimum Gasteiger partial charge on any atom is -0.351 e. The van der Waals surface area contributed by atoms with Gasteiger partial charge >= 0.3 is 0 Å². The van der Waals surface area contributed by atoms with Gasteiger partial charge in [0.25, 0.3) is 0 Å². The van der Waals surface area contributed by atoms with Crippen molar-refractivity contribution in [1.29, 1.82) is 0 Å². The van der Waals surface area contributed by atoms with Crippen molar-refractivity contribution < 1.29 is 0 Å². The minimum atomic E-state index is 0.298. The molecule has 1 heterocycles. The van der Waals surface area contributed by atoms with Crippen molar-refractivity contribution in [2.75, 3.05) is 5.32 Å². The van der Waals surface area contributed by atoms with Gasteiger partial charge in [0.2, 0.25) is 11.2 Å². The summed E-state index contributed by atoms with van der Waals surface area (Å²) >= 11 is 5.91. The van der Waals surface area contributed by atoms with Crippen LogP contribution in [0, 0.1) is 0 Å². The molecule has 0 amide bonds. The number of hydrogen-bond donors (Lipinski definition) is 1. The van der Waals surface area contributed by atoms with Crippen LogP contribution in [0.25, 0.3) is 0 Å². The van der Waals surface area contributed by atoms with E-state index in [0.717, 1.165) is 25.1 Å². The molecular formula is C12H19ClN4. The lowest BCUT2D eigenvalue weighted by Gasteiger charge is -2.12. The summed E-state index contributed by atoms with van der Waals surface area (Å²) in [6.07, 6.45) is 8.08. The summed E-state index contributed by atoms with van der Waals surface area (Å²) in [4.78, 5) is 12.7. The number of anilines is 1. The predicted octanol–water partition coefficient (Wildman–Crippen LogP) is 3.22. The Morgan fingerprint density at radius 2 is 2.00 bits per heavy atom. The SMILES string of the molecule is CCCCc1nc(Cl)nc(NC2CCCC2)n1. The largest absolute Gasteiger partial charge is 0.351 e. The zero-order valence-corrected chi connectivity index (χ0v) is 11.0. The zero-order chi connectivity index (χ0) is 12.1. The van der Waals surface area contributed by atoms with Crippen LogP contribution >= 0.6 is 11.6 Å². The molecule has 1 aliphatic rings. The maximum Gasteiger partial charge on any atom is 0.227 e. The van der Waals surface area contributed by atoms with E-state index in [4.69, 9.17) is 11.6 Å². The molecule has 0 atom stereocenters. The first-order chi connectivity index (χ1) is 8.28. The van der Waals surface area contributed by atoms with E-state index in [0.29, 0.717) is 17.3 Å². The van der Waals surface area contributed by atoms with E-state index >= 15 is 0 Å². The van der Waals surface area contributed by atoms with Crippen LogP contribution in [0.3, 0.4) is 0 Å². The fraction of sp³-hybridized carbons (Fsp3) is 0.750. The van der Waals surface area contributed by atoms with Gasteiger partial charge in [0.15, 0.2) is 0 Å². The van der Waals surface area contributed by atoms with Crippen LogP contribution in [0.4, 0.5) is 5.95 Å². The maximum absolute atomic E-state index is 5.91. The Hall–Kier alpha value is -0.900. The van der Waals surface area contributed by atoms with Gasteiger partial charge < -0.3 is 5.32 Å². The molecule has 0 spiro atoms. The predicted molar refractivity (Wildman–Crippen MR) is 69.3 cm³/mol. The number of hydrogen-bond acceptors (Lipinski definition) is 4. The summed E-state index contributed by atoms with van der Waals surface area (Å²) in [6.45, 7) is 2.15. The van der Waals surface area contributed by atoms with Gasteiger partial charge in [-0.05, 0) is 30.9 Å². The second-order valence-corrected chi connectivity index (χ2v) is 4.91. The number of aromatic nitrogens is 3. The van der Waals surface area contributed by atoms with Gasteiger partial charge in [-0.25, -0.2) is 4.98 Å². The first kappa shape index (κ1) is 12.6. The lowest BCUT2D eigenvalue weighted by Crippen LogP contribution is -2.17. The first-order valence-electron chi connectivity index (χ1n) is 6.45. The third-order valence-corrected chi connectivity index (χ3v) is 3.27. The number of unbranched alkanes of at least 4 members (excludes halogenated alkanes) is 1. The number of nitrogens with one attached hydrogen (secondary N) is 1. The van der Waals surface area contributed by atoms with Crippen LogP contribution in [0.5, 0.6) is 0 Å². The highest BCUT2D eigenvalue weighted by Gasteiger charge is 2.16. The Balaban J connectivity index is 2.02. The standard InChI is InChI=1S/C12H19ClN4/c1-2-3-8-10-15-11(13)17-12(16-10)14-9-6-4-5-7-9/h9H,2-8H2,1H3,(H,14,15,16,17). The van der Waals surface area contributed by atoms with Gasteiger partial charge in [-0.1, -0.05) is 26.2 Å². The molecule has 0 saturated heterocycles. The molecule has 0 radical (unpaired) electrons. The van der Waals surface area contributed by atoms with Crippen molar-refractivity contribution in [3.8, 4) is 0 Å². The molecule has 0 unspecified atom stereocenters. The number of aryl methyl sites for hydroxylation is 1. The Bertz CT molecular complexity index is 364. The fourth-order valence-corrected chi connectivity index (χ4v) is 2.33. The van der Waals surface area contributed by atoms with Crippen molar-refractivity contribution in [3.05, 3.63) is 11.1 Å². The Morgan fingerprint density at radius 1 is 1.24 bits per heavy atom. The van der Waals surface area contributed by atoms with Gasteiger partial charge in [0, 0.05) is 12.5 Å². The number of halogens is 1. The highest BCUT2D eigenvalue weighted by atomic mass is 35.5. The topological polar surface area (TPSA) is 50.7 Å². The molecule has 1 N–H and O–H groups in total. The summed E-state index contributed by atoms with van der Waals surface area (Å²) in [5.41, 5.74) is 0. The van der Waals surface area contributed by atoms with Gasteiger partial charge in [-0.3, -0.25) is 0 Å². The smallest absolute Gasteiger partial charge is 0.227 e. The molecule has 1 fully saturated rings. The van der Waals surface area contributed by atoms with Gasteiger partial charge in [-0.2, -0.15) is 9.97 Å². The molecule has 94 valence electrons. The van der Waals surface area contributed by atoms with Crippen molar-refractivity contribution >= 4 is 17.5 Å². The van der Waals surface area contributed by atoms with Crippen LogP contribution in [-0.2, 0) is 6.42 Å². The molecule has 5 heteroatoms. The summed E-state index contributed by atoms with van der Waals surface area (Å²) in [7, 11) is 0. The summed E-state index contributed by atoms with van der Waals surface area (Å²) in [5.74, 6) is 1.44. The molecule has 17 heavy (non-hydrogen) atoms. The van der Waals surface area contributed by atoms with E-state index in [1.54, 1.807) is 0 Å². The van der Waals surface area contributed by atoms with Crippen LogP contribution in [-0.4, -0.2) is 21.0 Å². The minimum absolute atomic E-state index is 0.298. The van der Waals surface area contributed by atoms with E-state index < -0.39 is 0 Å². The highest BCUT2D eigenvalue weighted by Crippen LogP contribution is 2.21. The monoisotopic (exact) mass is 254 g/mol. The lowest BCUT2D eigenvalue weighted by atomic mass is 10.2. The maximum atomic E-state index is 5.91. The van der Waals surface area contributed by atoms with Gasteiger partial charge in [0.1, 0.15) is 5.82 Å². The van der Waals surface area contributed by atoms with E-state index in [1.807, 2.05) is 0 Å². The molecule has 0 aromatic carbocycles. The van der Waals surface area contributed by atoms with Gasteiger partial charge in [-0.15, -0.1) is 0 Å². The van der Waals surface area contributed by atoms with Crippen molar-refractivity contribution in [2.45, 2.75) is 57.9 Å². The molecule has 1 aromatic rings. The van der Waals surface area contributed by atoms with Crippen molar-refractivity contribution in [2.24, 2.45) is 0 Å². The van der Waals surface area contributed by atoms with Crippen LogP contribution < -0.4 is 5.32 Å². The summed E-state index contributed by atoms with van der Waals surface area (Å²) < 4.78 is 0. The molecular weight excluding hydrogens is 236 g/mol. The van der Waals surface area contributed by atoms with Crippen molar-refractivity contribution in [1.82, 2.24) is 15.0 Å². The Labute approximate surface area is 107 Å². The fourth-order valence-electron chi connectivity index (χ4n) is 2.16. The number of rotatable bonds is 5. The zero-order valence-electron chi connectivity index (χ0n) is 10.2. The van der Waals surface area contributed by atoms with Crippen LogP contribution in [0.1, 0.15) is 51.3 Å². The lowest BCUT2D eigenvalue weighted by molar-refractivity contribution is 0.720. The highest BCUT2D eigenvalue weighted by molar-refractivity contribution is 6.28. The second kappa shape index (κ2) is 6.15. The van der Waals surface area contributed by atoms with E-state index in [9.17, 15) is 0 Å². The van der Waals surface area contributed by atoms with E-state index in [1.165, 1.54) is 25.7 Å². The average Bonchev–Trinajstić information content (AvgIpc) is 2.78. The first-order valence-corrected chi connectivity index (χ1v) is 6.82.